The maximum Gasteiger partial charge on any atom is 0.410 e. The third-order valence-electron chi connectivity index (χ3n) is 3.67. The normalized spacial score (nSPS) is 15.8. The molecular weight excluding hydrogens is 278 g/mol. The fraction of sp³-hybridized carbons (Fsp3) is 0.588. The predicted octanol–water partition coefficient (Wildman–Crippen LogP) is 2.24. The number of hydrogen-bond donors (Lipinski definition) is 1. The number of nitrogens with zero attached hydrogens (tertiary/aromatic N) is 2. The molecule has 2 rings (SSSR count). The average Bonchev–Trinajstić information content (AvgIpc) is 2.47. The minimum Gasteiger partial charge on any atom is -0.444 e. The Balaban J connectivity index is 1.87. The van der Waals surface area contributed by atoms with Crippen LogP contribution in [0.3, 0.4) is 0 Å². The molecule has 1 heterocycles. The Bertz CT molecular complexity index is 486. The molecule has 1 aliphatic heterocycles. The third-order valence-corrected chi connectivity index (χ3v) is 3.67. The van der Waals surface area contributed by atoms with Gasteiger partial charge in [-0.2, -0.15) is 0 Å². The van der Waals surface area contributed by atoms with Crippen molar-refractivity contribution in [2.45, 2.75) is 32.8 Å². The summed E-state index contributed by atoms with van der Waals surface area (Å²) in [6.07, 6.45) is 0.692. The predicted molar refractivity (Wildman–Crippen MR) is 89.2 cm³/mol. The Morgan fingerprint density at radius 1 is 1.14 bits per heavy atom. The average molecular weight is 305 g/mol. The van der Waals surface area contributed by atoms with E-state index in [1.54, 1.807) is 4.90 Å². The summed E-state index contributed by atoms with van der Waals surface area (Å²) in [6.45, 7) is 9.40. The summed E-state index contributed by atoms with van der Waals surface area (Å²) >= 11 is 0. The number of benzene rings is 1. The summed E-state index contributed by atoms with van der Waals surface area (Å²) in [7, 11) is 0. The van der Waals surface area contributed by atoms with Crippen LogP contribution in [0.15, 0.2) is 24.3 Å². The molecule has 0 radical (unpaired) electrons. The highest BCUT2D eigenvalue weighted by atomic mass is 16.6. The van der Waals surface area contributed by atoms with Gasteiger partial charge in [-0.25, -0.2) is 4.79 Å². The van der Waals surface area contributed by atoms with Crippen LogP contribution >= 0.6 is 0 Å². The molecule has 0 spiro atoms. The Labute approximate surface area is 133 Å². The lowest BCUT2D eigenvalue weighted by molar-refractivity contribution is 0.0240. The minimum atomic E-state index is -0.437. The second kappa shape index (κ2) is 7.01. The lowest BCUT2D eigenvalue weighted by Gasteiger charge is -2.36. The van der Waals surface area contributed by atoms with Crippen LogP contribution in [0.5, 0.6) is 0 Å². The third kappa shape index (κ3) is 4.63. The highest BCUT2D eigenvalue weighted by Gasteiger charge is 2.25. The molecular formula is C17H27N3O2. The van der Waals surface area contributed by atoms with Gasteiger partial charge in [0.25, 0.3) is 0 Å². The van der Waals surface area contributed by atoms with Crippen LogP contribution < -0.4 is 10.6 Å². The zero-order valence-electron chi connectivity index (χ0n) is 13.8. The van der Waals surface area contributed by atoms with E-state index in [0.717, 1.165) is 19.5 Å². The summed E-state index contributed by atoms with van der Waals surface area (Å²) in [6, 6.07) is 8.52. The van der Waals surface area contributed by atoms with E-state index in [0.29, 0.717) is 19.6 Å². The molecule has 2 N–H and O–H groups in total. The number of piperazine rings is 1. The van der Waals surface area contributed by atoms with Crippen LogP contribution in [0.4, 0.5) is 10.5 Å². The number of carbonyl (C=O) groups is 1. The number of carbonyl (C=O) groups excluding carboxylic acids is 1. The monoisotopic (exact) mass is 305 g/mol. The van der Waals surface area contributed by atoms with Crippen LogP contribution in [-0.2, 0) is 11.2 Å². The summed E-state index contributed by atoms with van der Waals surface area (Å²) in [5.74, 6) is 0. The zero-order valence-corrected chi connectivity index (χ0v) is 13.8. The van der Waals surface area contributed by atoms with Crippen LogP contribution in [0, 0.1) is 0 Å². The molecule has 0 aromatic heterocycles. The molecule has 1 amide bonds. The van der Waals surface area contributed by atoms with Gasteiger partial charge < -0.3 is 20.3 Å². The van der Waals surface area contributed by atoms with Crippen molar-refractivity contribution in [1.29, 1.82) is 0 Å². The second-order valence-electron chi connectivity index (χ2n) is 6.66. The van der Waals surface area contributed by atoms with Gasteiger partial charge in [-0.05, 0) is 51.4 Å². The number of amides is 1. The quantitative estimate of drug-likeness (QED) is 0.930. The molecule has 1 aliphatic rings. The van der Waals surface area contributed by atoms with Crippen LogP contribution in [0.1, 0.15) is 26.3 Å². The lowest BCUT2D eigenvalue weighted by atomic mass is 10.1. The van der Waals surface area contributed by atoms with E-state index >= 15 is 0 Å². The molecule has 0 aliphatic carbocycles. The van der Waals surface area contributed by atoms with E-state index in [9.17, 15) is 4.79 Å². The maximum atomic E-state index is 12.0. The van der Waals surface area contributed by atoms with Gasteiger partial charge in [0.15, 0.2) is 0 Å². The molecule has 1 aromatic rings. The van der Waals surface area contributed by atoms with E-state index in [4.69, 9.17) is 10.5 Å². The van der Waals surface area contributed by atoms with Crippen molar-refractivity contribution in [2.24, 2.45) is 5.73 Å². The van der Waals surface area contributed by atoms with Gasteiger partial charge in [-0.15, -0.1) is 0 Å². The molecule has 5 nitrogen and oxygen atoms in total. The number of ether oxygens (including phenoxy) is 1. The van der Waals surface area contributed by atoms with Crippen LogP contribution in [0.2, 0.25) is 0 Å². The zero-order chi connectivity index (χ0) is 16.2. The van der Waals surface area contributed by atoms with Crippen molar-refractivity contribution in [3.63, 3.8) is 0 Å². The van der Waals surface area contributed by atoms with Gasteiger partial charge in [-0.3, -0.25) is 0 Å². The van der Waals surface area contributed by atoms with Gasteiger partial charge >= 0.3 is 6.09 Å². The molecule has 1 saturated heterocycles. The fourth-order valence-electron chi connectivity index (χ4n) is 2.51. The summed E-state index contributed by atoms with van der Waals surface area (Å²) in [5, 5.41) is 0. The lowest BCUT2D eigenvalue weighted by Crippen LogP contribution is -2.50. The Kier molecular flexibility index (Phi) is 5.29. The van der Waals surface area contributed by atoms with Crippen LogP contribution in [0.25, 0.3) is 0 Å². The maximum absolute atomic E-state index is 12.0. The number of rotatable bonds is 3. The van der Waals surface area contributed by atoms with Gasteiger partial charge in [0, 0.05) is 31.9 Å². The molecule has 0 unspecified atom stereocenters. The summed E-state index contributed by atoms with van der Waals surface area (Å²) in [4.78, 5) is 16.1. The highest BCUT2D eigenvalue weighted by Crippen LogP contribution is 2.18. The van der Waals surface area contributed by atoms with Crippen LogP contribution in [-0.4, -0.2) is 49.3 Å². The molecule has 0 saturated carbocycles. The fourth-order valence-corrected chi connectivity index (χ4v) is 2.51. The number of anilines is 1. The van der Waals surface area contributed by atoms with Crippen molar-refractivity contribution in [1.82, 2.24) is 4.90 Å². The van der Waals surface area contributed by atoms with Crippen molar-refractivity contribution >= 4 is 11.8 Å². The standard InChI is InChI=1S/C17H27N3O2/c1-17(2,3)22-16(21)20-12-10-19(11-13-20)15-6-4-14(5-7-15)8-9-18/h4-7H,8-13,18H2,1-3H3. The molecule has 1 aromatic carbocycles. The molecule has 122 valence electrons. The summed E-state index contributed by atoms with van der Waals surface area (Å²) < 4.78 is 5.42. The van der Waals surface area contributed by atoms with Gasteiger partial charge in [0.2, 0.25) is 0 Å². The molecule has 0 atom stereocenters. The van der Waals surface area contributed by atoms with Gasteiger partial charge in [-0.1, -0.05) is 12.1 Å². The van der Waals surface area contributed by atoms with Crippen molar-refractivity contribution in [2.75, 3.05) is 37.6 Å². The molecule has 0 bridgehead atoms. The topological polar surface area (TPSA) is 58.8 Å². The van der Waals surface area contributed by atoms with Gasteiger partial charge in [0.1, 0.15) is 5.60 Å². The SMILES string of the molecule is CC(C)(C)OC(=O)N1CCN(c2ccc(CCN)cc2)CC1. The Hall–Kier alpha value is -1.75. The minimum absolute atomic E-state index is 0.217. The van der Waals surface area contributed by atoms with Gasteiger partial charge in [0.05, 0.1) is 0 Å². The number of nitrogens with two attached hydrogens (primary N) is 1. The largest absolute Gasteiger partial charge is 0.444 e. The smallest absolute Gasteiger partial charge is 0.410 e. The van der Waals surface area contributed by atoms with E-state index < -0.39 is 5.60 Å². The highest BCUT2D eigenvalue weighted by molar-refractivity contribution is 5.68. The van der Waals surface area contributed by atoms with Crippen molar-refractivity contribution in [3.05, 3.63) is 29.8 Å². The first-order valence-corrected chi connectivity index (χ1v) is 7.91. The molecule has 5 heteroatoms. The molecule has 1 fully saturated rings. The van der Waals surface area contributed by atoms with E-state index in [-0.39, 0.29) is 6.09 Å². The Morgan fingerprint density at radius 2 is 1.73 bits per heavy atom. The first-order valence-electron chi connectivity index (χ1n) is 7.91. The first kappa shape index (κ1) is 16.6. The number of hydrogen-bond acceptors (Lipinski definition) is 4. The second-order valence-corrected chi connectivity index (χ2v) is 6.66. The van der Waals surface area contributed by atoms with Crippen molar-refractivity contribution in [3.8, 4) is 0 Å². The van der Waals surface area contributed by atoms with E-state index in [1.807, 2.05) is 20.8 Å². The van der Waals surface area contributed by atoms with E-state index in [1.165, 1.54) is 11.3 Å². The Morgan fingerprint density at radius 3 is 2.23 bits per heavy atom. The first-order chi connectivity index (χ1) is 10.4. The van der Waals surface area contributed by atoms with Crippen molar-refractivity contribution < 1.29 is 9.53 Å². The van der Waals surface area contributed by atoms with E-state index in [2.05, 4.69) is 29.2 Å². The molecule has 22 heavy (non-hydrogen) atoms. The summed E-state index contributed by atoms with van der Waals surface area (Å²) in [5.41, 5.74) is 7.59.